The summed E-state index contributed by atoms with van der Waals surface area (Å²) < 4.78 is 0. The van der Waals surface area contributed by atoms with Gasteiger partial charge in [0, 0.05) is 0 Å². The molecule has 0 aliphatic rings. The molecule has 5 nitrogen and oxygen atoms in total. The summed E-state index contributed by atoms with van der Waals surface area (Å²) in [5, 5.41) is 5.24. The molecule has 0 spiro atoms. The molecule has 2 N–H and O–H groups in total. The highest BCUT2D eigenvalue weighted by atomic mass is 16.2. The Labute approximate surface area is 115 Å². The standard InChI is InChI=1S/C14H26N2O3/c1-9(2)6-12(11(5)18)16-14(19)13(15-8-17)7-10(3)4/h8-10,12-13H,6-7H2,1-5H3,(H,15,17)(H,16,19). The third-order valence-electron chi connectivity index (χ3n) is 2.81. The lowest BCUT2D eigenvalue weighted by Crippen LogP contribution is -2.50. The second kappa shape index (κ2) is 8.67. The van der Waals surface area contributed by atoms with Crippen molar-refractivity contribution in [1.82, 2.24) is 10.6 Å². The van der Waals surface area contributed by atoms with Crippen molar-refractivity contribution in [2.75, 3.05) is 0 Å². The average Bonchev–Trinajstić information content (AvgIpc) is 2.26. The minimum Gasteiger partial charge on any atom is -0.347 e. The molecule has 0 aromatic carbocycles. The molecule has 0 rings (SSSR count). The number of carbonyl (C=O) groups excluding carboxylic acids is 3. The Kier molecular flexibility index (Phi) is 8.03. The predicted molar refractivity (Wildman–Crippen MR) is 74.5 cm³/mol. The second-order valence-electron chi connectivity index (χ2n) is 5.77. The zero-order valence-electron chi connectivity index (χ0n) is 12.5. The number of hydrogen-bond donors (Lipinski definition) is 2. The minimum atomic E-state index is -0.577. The van der Waals surface area contributed by atoms with Gasteiger partial charge in [0.2, 0.25) is 12.3 Å². The van der Waals surface area contributed by atoms with Gasteiger partial charge in [-0.3, -0.25) is 14.4 Å². The van der Waals surface area contributed by atoms with Crippen LogP contribution >= 0.6 is 0 Å². The van der Waals surface area contributed by atoms with Gasteiger partial charge in [-0.05, 0) is 31.6 Å². The van der Waals surface area contributed by atoms with Gasteiger partial charge in [0.25, 0.3) is 0 Å². The van der Waals surface area contributed by atoms with E-state index in [-0.39, 0.29) is 17.6 Å². The topological polar surface area (TPSA) is 75.3 Å². The Hall–Kier alpha value is -1.39. The normalized spacial score (nSPS) is 14.1. The first-order valence-corrected chi connectivity index (χ1v) is 6.78. The molecule has 0 aliphatic heterocycles. The summed E-state index contributed by atoms with van der Waals surface area (Å²) >= 11 is 0. The van der Waals surface area contributed by atoms with E-state index >= 15 is 0 Å². The monoisotopic (exact) mass is 270 g/mol. The fourth-order valence-electron chi connectivity index (χ4n) is 1.87. The second-order valence-corrected chi connectivity index (χ2v) is 5.77. The maximum atomic E-state index is 12.1. The van der Waals surface area contributed by atoms with Crippen molar-refractivity contribution >= 4 is 18.1 Å². The van der Waals surface area contributed by atoms with Crippen LogP contribution in [0.25, 0.3) is 0 Å². The van der Waals surface area contributed by atoms with E-state index in [1.807, 2.05) is 27.7 Å². The summed E-state index contributed by atoms with van der Waals surface area (Å²) in [5.41, 5.74) is 0. The van der Waals surface area contributed by atoms with Crippen molar-refractivity contribution in [3.05, 3.63) is 0 Å². The van der Waals surface area contributed by atoms with Crippen LogP contribution in [0.15, 0.2) is 0 Å². The van der Waals surface area contributed by atoms with E-state index < -0.39 is 12.1 Å². The van der Waals surface area contributed by atoms with Gasteiger partial charge in [0.1, 0.15) is 6.04 Å². The van der Waals surface area contributed by atoms with Gasteiger partial charge in [-0.2, -0.15) is 0 Å². The Morgan fingerprint density at radius 1 is 1.00 bits per heavy atom. The lowest BCUT2D eigenvalue weighted by molar-refractivity contribution is -0.129. The maximum absolute atomic E-state index is 12.1. The quantitative estimate of drug-likeness (QED) is 0.619. The van der Waals surface area contributed by atoms with E-state index in [0.717, 1.165) is 0 Å². The average molecular weight is 270 g/mol. The number of hydrogen-bond acceptors (Lipinski definition) is 3. The van der Waals surface area contributed by atoms with Gasteiger partial charge < -0.3 is 10.6 Å². The van der Waals surface area contributed by atoms with E-state index in [9.17, 15) is 14.4 Å². The largest absolute Gasteiger partial charge is 0.347 e. The molecule has 0 heterocycles. The molecule has 2 unspecified atom stereocenters. The number of amides is 2. The van der Waals surface area contributed by atoms with Crippen molar-refractivity contribution in [2.24, 2.45) is 11.8 Å². The van der Waals surface area contributed by atoms with Crippen LogP contribution in [0.3, 0.4) is 0 Å². The minimum absolute atomic E-state index is 0.0588. The van der Waals surface area contributed by atoms with Crippen molar-refractivity contribution in [2.45, 2.75) is 59.5 Å². The van der Waals surface area contributed by atoms with Gasteiger partial charge >= 0.3 is 0 Å². The maximum Gasteiger partial charge on any atom is 0.243 e. The summed E-state index contributed by atoms with van der Waals surface area (Å²) in [6.45, 7) is 9.42. The number of nitrogens with one attached hydrogen (secondary N) is 2. The lowest BCUT2D eigenvalue weighted by Gasteiger charge is -2.23. The van der Waals surface area contributed by atoms with Crippen molar-refractivity contribution in [3.8, 4) is 0 Å². The zero-order valence-corrected chi connectivity index (χ0v) is 12.5. The Balaban J connectivity index is 4.64. The molecule has 2 atom stereocenters. The van der Waals surface area contributed by atoms with Gasteiger partial charge in [-0.25, -0.2) is 0 Å². The summed E-state index contributed by atoms with van der Waals surface area (Å²) in [7, 11) is 0. The Morgan fingerprint density at radius 3 is 1.84 bits per heavy atom. The van der Waals surface area contributed by atoms with Crippen molar-refractivity contribution in [3.63, 3.8) is 0 Å². The van der Waals surface area contributed by atoms with Gasteiger partial charge in [-0.1, -0.05) is 27.7 Å². The van der Waals surface area contributed by atoms with Crippen molar-refractivity contribution in [1.29, 1.82) is 0 Å². The number of ketones is 1. The molecule has 0 saturated heterocycles. The number of Topliss-reactive ketones (excluding diaryl/α,β-unsaturated/α-hetero) is 1. The molecule has 2 amide bonds. The summed E-state index contributed by atoms with van der Waals surface area (Å²) in [4.78, 5) is 34.1. The molecule has 0 fully saturated rings. The molecule has 19 heavy (non-hydrogen) atoms. The van der Waals surface area contributed by atoms with E-state index in [1.165, 1.54) is 6.92 Å². The molecule has 110 valence electrons. The molecule has 5 heteroatoms. The number of rotatable bonds is 9. The van der Waals surface area contributed by atoms with Gasteiger partial charge in [0.05, 0.1) is 6.04 Å². The van der Waals surface area contributed by atoms with E-state index in [4.69, 9.17) is 0 Å². The third kappa shape index (κ3) is 7.59. The molecular weight excluding hydrogens is 244 g/mol. The zero-order chi connectivity index (χ0) is 15.0. The van der Waals surface area contributed by atoms with Crippen LogP contribution in [-0.4, -0.2) is 30.2 Å². The van der Waals surface area contributed by atoms with Crippen LogP contribution in [0, 0.1) is 11.8 Å². The summed E-state index contributed by atoms with van der Waals surface area (Å²) in [6.07, 6.45) is 1.69. The first-order chi connectivity index (χ1) is 8.77. The third-order valence-corrected chi connectivity index (χ3v) is 2.81. The van der Waals surface area contributed by atoms with Gasteiger partial charge in [0.15, 0.2) is 5.78 Å². The Bertz CT molecular complexity index is 314. The van der Waals surface area contributed by atoms with Crippen LogP contribution in [0.4, 0.5) is 0 Å². The van der Waals surface area contributed by atoms with Crippen LogP contribution in [0.2, 0.25) is 0 Å². The SMILES string of the molecule is CC(=O)C(CC(C)C)NC(=O)C(CC(C)C)NC=O. The first kappa shape index (κ1) is 17.6. The molecule has 0 radical (unpaired) electrons. The smallest absolute Gasteiger partial charge is 0.243 e. The molecular formula is C14H26N2O3. The van der Waals surface area contributed by atoms with Crippen LogP contribution < -0.4 is 10.6 Å². The van der Waals surface area contributed by atoms with Crippen LogP contribution in [-0.2, 0) is 14.4 Å². The summed E-state index contributed by atoms with van der Waals surface area (Å²) in [6, 6.07) is -1.05. The molecule has 0 aromatic rings. The highest BCUT2D eigenvalue weighted by molar-refractivity contribution is 5.90. The fourth-order valence-corrected chi connectivity index (χ4v) is 1.87. The molecule has 0 saturated carbocycles. The van der Waals surface area contributed by atoms with Crippen LogP contribution in [0.5, 0.6) is 0 Å². The van der Waals surface area contributed by atoms with E-state index in [2.05, 4.69) is 10.6 Å². The fraction of sp³-hybridized carbons (Fsp3) is 0.786. The molecule has 0 aromatic heterocycles. The highest BCUT2D eigenvalue weighted by Gasteiger charge is 2.24. The van der Waals surface area contributed by atoms with Gasteiger partial charge in [-0.15, -0.1) is 0 Å². The molecule has 0 aliphatic carbocycles. The predicted octanol–water partition coefficient (Wildman–Crippen LogP) is 1.27. The lowest BCUT2D eigenvalue weighted by atomic mass is 9.99. The summed E-state index contributed by atoms with van der Waals surface area (Å²) in [5.74, 6) is 0.249. The Morgan fingerprint density at radius 2 is 1.47 bits per heavy atom. The first-order valence-electron chi connectivity index (χ1n) is 6.78. The van der Waals surface area contributed by atoms with Crippen LogP contribution in [0.1, 0.15) is 47.5 Å². The highest BCUT2D eigenvalue weighted by Crippen LogP contribution is 2.08. The molecule has 0 bridgehead atoms. The van der Waals surface area contributed by atoms with E-state index in [1.54, 1.807) is 0 Å². The van der Waals surface area contributed by atoms with E-state index in [0.29, 0.717) is 25.2 Å². The number of carbonyl (C=O) groups is 3. The van der Waals surface area contributed by atoms with Crippen molar-refractivity contribution < 1.29 is 14.4 Å².